The first-order chi connectivity index (χ1) is 9.76. The molecule has 0 fully saturated rings. The number of aliphatic hydroxyl groups excluding tert-OH is 1. The molecule has 1 heterocycles. The van der Waals surface area contributed by atoms with Gasteiger partial charge in [0, 0.05) is 26.8 Å². The monoisotopic (exact) mass is 379 g/mol. The lowest BCUT2D eigenvalue weighted by atomic mass is 10.1. The third kappa shape index (κ3) is 2.81. The van der Waals surface area contributed by atoms with Gasteiger partial charge in [-0.25, -0.2) is 0 Å². The van der Waals surface area contributed by atoms with Crippen LogP contribution in [0.3, 0.4) is 0 Å². The number of hydrogen-bond donors (Lipinski definition) is 2. The molecule has 3 nitrogen and oxygen atoms in total. The van der Waals surface area contributed by atoms with E-state index < -0.39 is 0 Å². The highest BCUT2D eigenvalue weighted by molar-refractivity contribution is 14.1. The van der Waals surface area contributed by atoms with Gasteiger partial charge in [0.25, 0.3) is 0 Å². The molecule has 20 heavy (non-hydrogen) atoms. The van der Waals surface area contributed by atoms with Crippen LogP contribution in [-0.4, -0.2) is 18.3 Å². The first kappa shape index (κ1) is 13.5. The summed E-state index contributed by atoms with van der Waals surface area (Å²) in [6.45, 7) is 0.687. The molecule has 102 valence electrons. The molecule has 0 spiro atoms. The van der Waals surface area contributed by atoms with Crippen molar-refractivity contribution in [1.29, 1.82) is 0 Å². The van der Waals surface area contributed by atoms with Crippen molar-refractivity contribution in [2.45, 2.75) is 0 Å². The molecule has 0 amide bonds. The van der Waals surface area contributed by atoms with Crippen molar-refractivity contribution in [1.82, 2.24) is 0 Å². The van der Waals surface area contributed by atoms with Gasteiger partial charge in [0.05, 0.1) is 6.61 Å². The average Bonchev–Trinajstić information content (AvgIpc) is 2.88. The van der Waals surface area contributed by atoms with E-state index in [0.717, 1.165) is 28.0 Å². The van der Waals surface area contributed by atoms with E-state index in [1.807, 2.05) is 36.4 Å². The fourth-order valence-corrected chi connectivity index (χ4v) is 2.62. The van der Waals surface area contributed by atoms with Crippen molar-refractivity contribution in [3.63, 3.8) is 0 Å². The number of rotatable bonds is 4. The summed E-state index contributed by atoms with van der Waals surface area (Å²) in [5.41, 5.74) is 2.95. The van der Waals surface area contributed by atoms with E-state index in [2.05, 4.69) is 40.0 Å². The van der Waals surface area contributed by atoms with E-state index in [1.165, 1.54) is 3.57 Å². The minimum absolute atomic E-state index is 0.129. The van der Waals surface area contributed by atoms with Crippen LogP contribution in [0, 0.1) is 3.57 Å². The summed E-state index contributed by atoms with van der Waals surface area (Å²) in [7, 11) is 0. The molecule has 0 aliphatic carbocycles. The van der Waals surface area contributed by atoms with Gasteiger partial charge in [-0.2, -0.15) is 0 Å². The number of anilines is 1. The second-order valence-electron chi connectivity index (χ2n) is 4.52. The Morgan fingerprint density at radius 1 is 1.05 bits per heavy atom. The van der Waals surface area contributed by atoms with E-state index in [1.54, 1.807) is 0 Å². The zero-order valence-corrected chi connectivity index (χ0v) is 12.9. The Morgan fingerprint density at radius 3 is 2.60 bits per heavy atom. The Morgan fingerprint density at radius 2 is 1.85 bits per heavy atom. The smallest absolute Gasteiger partial charge is 0.135 e. The third-order valence-electron chi connectivity index (χ3n) is 3.09. The van der Waals surface area contributed by atoms with Gasteiger partial charge in [-0.15, -0.1) is 0 Å². The van der Waals surface area contributed by atoms with Gasteiger partial charge in [-0.1, -0.05) is 0 Å². The topological polar surface area (TPSA) is 45.4 Å². The van der Waals surface area contributed by atoms with Crippen LogP contribution < -0.4 is 5.32 Å². The number of halogens is 1. The van der Waals surface area contributed by atoms with Gasteiger partial charge in [0.2, 0.25) is 0 Å². The molecule has 1 aromatic heterocycles. The molecule has 2 aromatic carbocycles. The van der Waals surface area contributed by atoms with Crippen LogP contribution in [-0.2, 0) is 0 Å². The maximum Gasteiger partial charge on any atom is 0.135 e. The molecule has 0 bridgehead atoms. The minimum atomic E-state index is 0.129. The predicted molar refractivity (Wildman–Crippen MR) is 89.9 cm³/mol. The van der Waals surface area contributed by atoms with Crippen molar-refractivity contribution < 1.29 is 9.52 Å². The Kier molecular flexibility index (Phi) is 3.93. The highest BCUT2D eigenvalue weighted by Gasteiger charge is 2.06. The fraction of sp³-hybridized carbons (Fsp3) is 0.125. The Labute approximate surface area is 130 Å². The van der Waals surface area contributed by atoms with Crippen molar-refractivity contribution in [3.8, 4) is 11.3 Å². The molecular weight excluding hydrogens is 365 g/mol. The summed E-state index contributed by atoms with van der Waals surface area (Å²) >= 11 is 2.30. The molecule has 2 N–H and O–H groups in total. The molecule has 0 aliphatic rings. The van der Waals surface area contributed by atoms with Crippen LogP contribution in [0.25, 0.3) is 22.3 Å². The van der Waals surface area contributed by atoms with Crippen LogP contribution in [0.15, 0.2) is 52.9 Å². The highest BCUT2D eigenvalue weighted by Crippen LogP contribution is 2.29. The lowest BCUT2D eigenvalue weighted by Crippen LogP contribution is -2.04. The lowest BCUT2D eigenvalue weighted by molar-refractivity contribution is 0.311. The molecule has 0 saturated carbocycles. The molecule has 0 radical (unpaired) electrons. The normalized spacial score (nSPS) is 10.9. The van der Waals surface area contributed by atoms with Gasteiger partial charge in [-0.05, 0) is 71.1 Å². The largest absolute Gasteiger partial charge is 0.456 e. The summed E-state index contributed by atoms with van der Waals surface area (Å²) in [4.78, 5) is 0. The van der Waals surface area contributed by atoms with Crippen LogP contribution in [0.4, 0.5) is 5.69 Å². The number of nitrogens with one attached hydrogen (secondary N) is 1. The lowest BCUT2D eigenvalue weighted by Gasteiger charge is -2.04. The summed E-state index contributed by atoms with van der Waals surface area (Å²) < 4.78 is 7.07. The SMILES string of the molecule is OCCNc1ccc(-c2cc3cc(I)ccc3o2)cc1. The Bertz CT molecular complexity index is 719. The number of hydrogen-bond acceptors (Lipinski definition) is 3. The maximum atomic E-state index is 8.79. The van der Waals surface area contributed by atoms with Crippen LogP contribution in [0.2, 0.25) is 0 Å². The molecule has 0 unspecified atom stereocenters. The number of aliphatic hydroxyl groups is 1. The predicted octanol–water partition coefficient (Wildman–Crippen LogP) is 4.11. The van der Waals surface area contributed by atoms with Crippen molar-refractivity contribution in [2.75, 3.05) is 18.5 Å². The second-order valence-corrected chi connectivity index (χ2v) is 5.77. The van der Waals surface area contributed by atoms with Crippen molar-refractivity contribution in [2.24, 2.45) is 0 Å². The van der Waals surface area contributed by atoms with E-state index in [-0.39, 0.29) is 6.61 Å². The summed E-state index contributed by atoms with van der Waals surface area (Å²) in [5.74, 6) is 0.871. The van der Waals surface area contributed by atoms with Gasteiger partial charge in [-0.3, -0.25) is 0 Å². The number of furan rings is 1. The van der Waals surface area contributed by atoms with Gasteiger partial charge in [0.1, 0.15) is 11.3 Å². The van der Waals surface area contributed by atoms with E-state index >= 15 is 0 Å². The summed E-state index contributed by atoms with van der Waals surface area (Å²) in [6, 6.07) is 16.2. The van der Waals surface area contributed by atoms with Crippen molar-refractivity contribution in [3.05, 3.63) is 52.1 Å². The standard InChI is InChI=1S/C16H14INO2/c17-13-3-6-15-12(9-13)10-16(20-15)11-1-4-14(5-2-11)18-7-8-19/h1-6,9-10,18-19H,7-8H2. The summed E-state index contributed by atoms with van der Waals surface area (Å²) in [5, 5.41) is 13.0. The molecule has 0 aliphatic heterocycles. The van der Waals surface area contributed by atoms with Crippen molar-refractivity contribution >= 4 is 39.2 Å². The Hall–Kier alpha value is -1.53. The average molecular weight is 379 g/mol. The summed E-state index contributed by atoms with van der Waals surface area (Å²) in [6.07, 6.45) is 0. The molecule has 0 atom stereocenters. The van der Waals surface area contributed by atoms with Gasteiger partial charge >= 0.3 is 0 Å². The molecule has 3 aromatic rings. The number of fused-ring (bicyclic) bond motifs is 1. The zero-order chi connectivity index (χ0) is 13.9. The van der Waals surface area contributed by atoms with E-state index in [0.29, 0.717) is 6.54 Å². The molecule has 4 heteroatoms. The minimum Gasteiger partial charge on any atom is -0.456 e. The molecular formula is C16H14INO2. The maximum absolute atomic E-state index is 8.79. The first-order valence-corrected chi connectivity index (χ1v) is 7.48. The highest BCUT2D eigenvalue weighted by atomic mass is 127. The van der Waals surface area contributed by atoms with Crippen LogP contribution in [0.5, 0.6) is 0 Å². The van der Waals surface area contributed by atoms with E-state index in [4.69, 9.17) is 9.52 Å². The first-order valence-electron chi connectivity index (χ1n) is 6.40. The molecule has 0 saturated heterocycles. The molecule has 3 rings (SSSR count). The number of benzene rings is 2. The fourth-order valence-electron chi connectivity index (χ4n) is 2.11. The van der Waals surface area contributed by atoms with Gasteiger partial charge < -0.3 is 14.8 Å². The quantitative estimate of drug-likeness (QED) is 0.671. The second kappa shape index (κ2) is 5.85. The van der Waals surface area contributed by atoms with Gasteiger partial charge in [0.15, 0.2) is 0 Å². The van der Waals surface area contributed by atoms with Crippen LogP contribution >= 0.6 is 22.6 Å². The zero-order valence-electron chi connectivity index (χ0n) is 10.8. The van der Waals surface area contributed by atoms with E-state index in [9.17, 15) is 0 Å². The third-order valence-corrected chi connectivity index (χ3v) is 3.76. The Balaban J connectivity index is 1.90. The van der Waals surface area contributed by atoms with Crippen LogP contribution in [0.1, 0.15) is 0 Å².